The van der Waals surface area contributed by atoms with E-state index in [0.717, 1.165) is 0 Å². The summed E-state index contributed by atoms with van der Waals surface area (Å²) in [6.45, 7) is 0. The molecule has 0 N–H and O–H groups in total. The molecule has 0 radical (unpaired) electrons. The molecule has 0 aromatic carbocycles. The van der Waals surface area contributed by atoms with Crippen LogP contribution in [0.25, 0.3) is 0 Å². The Labute approximate surface area is 140 Å². The van der Waals surface area contributed by atoms with Gasteiger partial charge in [0, 0.05) is 28.2 Å². The maximum absolute atomic E-state index is 9.93. The lowest BCUT2D eigenvalue weighted by Crippen LogP contribution is -2.01. The molecule has 0 aliphatic carbocycles. The van der Waals surface area contributed by atoms with Gasteiger partial charge in [-0.2, -0.15) is 10.2 Å². The van der Waals surface area contributed by atoms with Crippen molar-refractivity contribution >= 4 is 25.0 Å². The summed E-state index contributed by atoms with van der Waals surface area (Å²) in [6, 6.07) is 6.58. The van der Waals surface area contributed by atoms with Gasteiger partial charge in [0.15, 0.2) is 24.1 Å². The monoisotopic (exact) mass is 332 g/mol. The minimum Gasteiger partial charge on any atom is -0.454 e. The van der Waals surface area contributed by atoms with Gasteiger partial charge < -0.3 is 18.9 Å². The van der Waals surface area contributed by atoms with Crippen LogP contribution in [0.1, 0.15) is 32.6 Å². The molecule has 0 fully saturated rings. The van der Waals surface area contributed by atoms with Gasteiger partial charge in [-0.3, -0.25) is 9.59 Å². The Morgan fingerprint density at radius 1 is 0.708 bits per heavy atom. The topological polar surface area (TPSA) is 91.6 Å². The summed E-state index contributed by atoms with van der Waals surface area (Å²) in [4.78, 5) is 19.9. The zero-order valence-corrected chi connectivity index (χ0v) is 14.0. The van der Waals surface area contributed by atoms with Crippen LogP contribution in [0.15, 0.2) is 43.3 Å². The minimum absolute atomic E-state index is 0.178. The molecule has 0 unspecified atom stereocenters. The SMILES string of the molecule is CN(C)/N=C/c1ccc(/C=N/N(C)C)o1.O=Cc1ccc(C=O)o1. The van der Waals surface area contributed by atoms with Gasteiger partial charge in [0.05, 0.1) is 12.4 Å². The molecule has 2 heterocycles. The minimum atomic E-state index is 0.178. The standard InChI is InChI=1S/C10H16N4O.C6H4O3/c1-13(2)11-7-9-5-6-10(15-9)8-12-14(3)4;7-3-5-1-2-6(4-8)9-5/h5-8H,1-4H3;1-4H/b11-7+,12-8+;. The summed E-state index contributed by atoms with van der Waals surface area (Å²) in [5, 5.41) is 11.5. The molecule has 8 heteroatoms. The highest BCUT2D eigenvalue weighted by Gasteiger charge is 1.97. The summed E-state index contributed by atoms with van der Waals surface area (Å²) in [5.41, 5.74) is 0. The zero-order chi connectivity index (χ0) is 17.9. The van der Waals surface area contributed by atoms with Gasteiger partial charge in [-0.15, -0.1) is 0 Å². The highest BCUT2D eigenvalue weighted by Crippen LogP contribution is 2.03. The zero-order valence-electron chi connectivity index (χ0n) is 14.0. The van der Waals surface area contributed by atoms with E-state index in [2.05, 4.69) is 14.6 Å². The third-order valence-electron chi connectivity index (χ3n) is 2.36. The first-order valence-corrected chi connectivity index (χ1v) is 6.97. The fourth-order valence-electron chi connectivity index (χ4n) is 1.35. The van der Waals surface area contributed by atoms with Crippen molar-refractivity contribution in [3.05, 3.63) is 47.3 Å². The van der Waals surface area contributed by atoms with E-state index in [0.29, 0.717) is 24.1 Å². The molecule has 24 heavy (non-hydrogen) atoms. The number of hydrogen-bond acceptors (Lipinski definition) is 8. The smallest absolute Gasteiger partial charge is 0.185 e. The number of carbonyl (C=O) groups excluding carboxylic acids is 2. The average molecular weight is 332 g/mol. The van der Waals surface area contributed by atoms with E-state index in [1.165, 1.54) is 12.1 Å². The summed E-state index contributed by atoms with van der Waals surface area (Å²) in [7, 11) is 7.42. The van der Waals surface area contributed by atoms with Crippen molar-refractivity contribution in [3.8, 4) is 0 Å². The van der Waals surface area contributed by atoms with E-state index in [1.807, 2.05) is 40.3 Å². The second-order valence-corrected chi connectivity index (χ2v) is 4.90. The van der Waals surface area contributed by atoms with Gasteiger partial charge in [0.1, 0.15) is 11.5 Å². The highest BCUT2D eigenvalue weighted by molar-refractivity contribution is 5.80. The van der Waals surface area contributed by atoms with Crippen LogP contribution in [0.3, 0.4) is 0 Å². The molecule has 128 valence electrons. The number of furan rings is 2. The molecule has 0 aliphatic heterocycles. The van der Waals surface area contributed by atoms with Gasteiger partial charge in [0.25, 0.3) is 0 Å². The lowest BCUT2D eigenvalue weighted by Gasteiger charge is -2.01. The van der Waals surface area contributed by atoms with Crippen molar-refractivity contribution in [1.29, 1.82) is 0 Å². The second kappa shape index (κ2) is 9.78. The van der Waals surface area contributed by atoms with Gasteiger partial charge in [-0.1, -0.05) is 0 Å². The van der Waals surface area contributed by atoms with Crippen molar-refractivity contribution in [2.45, 2.75) is 0 Å². The van der Waals surface area contributed by atoms with Crippen LogP contribution < -0.4 is 0 Å². The van der Waals surface area contributed by atoms with E-state index in [9.17, 15) is 9.59 Å². The van der Waals surface area contributed by atoms with Crippen LogP contribution in [0.2, 0.25) is 0 Å². The van der Waals surface area contributed by atoms with Gasteiger partial charge >= 0.3 is 0 Å². The van der Waals surface area contributed by atoms with Crippen LogP contribution in [0, 0.1) is 0 Å². The fourth-order valence-corrected chi connectivity index (χ4v) is 1.35. The number of nitrogens with zero attached hydrogens (tertiary/aromatic N) is 4. The average Bonchev–Trinajstić information content (AvgIpc) is 3.20. The summed E-state index contributed by atoms with van der Waals surface area (Å²) >= 11 is 0. The van der Waals surface area contributed by atoms with E-state index < -0.39 is 0 Å². The predicted molar refractivity (Wildman–Crippen MR) is 90.8 cm³/mol. The van der Waals surface area contributed by atoms with E-state index >= 15 is 0 Å². The Kier molecular flexibility index (Phi) is 7.69. The van der Waals surface area contributed by atoms with Crippen molar-refractivity contribution < 1.29 is 18.4 Å². The molecule has 0 atom stereocenters. The van der Waals surface area contributed by atoms with Crippen LogP contribution in [0.5, 0.6) is 0 Å². The molecule has 2 aromatic heterocycles. The Balaban J connectivity index is 0.000000272. The Morgan fingerprint density at radius 2 is 1.04 bits per heavy atom. The van der Waals surface area contributed by atoms with Crippen molar-refractivity contribution in [2.75, 3.05) is 28.2 Å². The Morgan fingerprint density at radius 3 is 1.33 bits per heavy atom. The first-order valence-electron chi connectivity index (χ1n) is 6.97. The number of hydrazone groups is 2. The van der Waals surface area contributed by atoms with Crippen LogP contribution in [0.4, 0.5) is 0 Å². The summed E-state index contributed by atoms with van der Waals surface area (Å²) in [6.07, 6.45) is 4.42. The van der Waals surface area contributed by atoms with E-state index in [4.69, 9.17) is 4.42 Å². The van der Waals surface area contributed by atoms with Crippen LogP contribution in [-0.4, -0.2) is 63.2 Å². The molecule has 0 amide bonds. The lowest BCUT2D eigenvalue weighted by atomic mass is 10.4. The molecule has 2 rings (SSSR count). The molecular weight excluding hydrogens is 312 g/mol. The first-order chi connectivity index (χ1) is 11.4. The maximum atomic E-state index is 9.93. The third-order valence-corrected chi connectivity index (χ3v) is 2.36. The normalized spacial score (nSPS) is 10.5. The lowest BCUT2D eigenvalue weighted by molar-refractivity contribution is 0.108. The quantitative estimate of drug-likeness (QED) is 0.456. The van der Waals surface area contributed by atoms with E-state index in [1.54, 1.807) is 22.4 Å². The maximum Gasteiger partial charge on any atom is 0.185 e. The Hall–Kier alpha value is -3.16. The van der Waals surface area contributed by atoms with Gasteiger partial charge in [0.2, 0.25) is 0 Å². The predicted octanol–water partition coefficient (Wildman–Crippen LogP) is 1.98. The highest BCUT2D eigenvalue weighted by atomic mass is 16.4. The second-order valence-electron chi connectivity index (χ2n) is 4.90. The van der Waals surface area contributed by atoms with Crippen molar-refractivity contribution in [2.24, 2.45) is 10.2 Å². The van der Waals surface area contributed by atoms with Crippen LogP contribution >= 0.6 is 0 Å². The number of carbonyl (C=O) groups is 2. The molecule has 8 nitrogen and oxygen atoms in total. The fraction of sp³-hybridized carbons (Fsp3) is 0.250. The number of hydrogen-bond donors (Lipinski definition) is 0. The third kappa shape index (κ3) is 7.21. The first kappa shape index (κ1) is 18.9. The van der Waals surface area contributed by atoms with Gasteiger partial charge in [-0.25, -0.2) is 0 Å². The summed E-state index contributed by atoms with van der Waals surface area (Å²) < 4.78 is 10.1. The van der Waals surface area contributed by atoms with Crippen molar-refractivity contribution in [3.63, 3.8) is 0 Å². The van der Waals surface area contributed by atoms with E-state index in [-0.39, 0.29) is 11.5 Å². The number of rotatable bonds is 6. The molecule has 2 aromatic rings. The van der Waals surface area contributed by atoms with Crippen LogP contribution in [-0.2, 0) is 0 Å². The molecule has 0 saturated carbocycles. The molecule has 0 bridgehead atoms. The molecule has 0 spiro atoms. The molecule has 0 aliphatic rings. The largest absolute Gasteiger partial charge is 0.454 e. The summed E-state index contributed by atoms with van der Waals surface area (Å²) in [5.74, 6) is 1.78. The molecule has 0 saturated heterocycles. The Bertz CT molecular complexity index is 644. The number of aldehydes is 2. The van der Waals surface area contributed by atoms with Gasteiger partial charge in [-0.05, 0) is 24.3 Å². The molecular formula is C16H20N4O4. The van der Waals surface area contributed by atoms with Crippen molar-refractivity contribution in [1.82, 2.24) is 10.0 Å².